The number of aromatic nitrogens is 4. The van der Waals surface area contributed by atoms with E-state index in [9.17, 15) is 19.7 Å². The smallest absolute Gasteiger partial charge is 0.288 e. The van der Waals surface area contributed by atoms with Crippen LogP contribution < -0.4 is 0 Å². The predicted octanol–water partition coefficient (Wildman–Crippen LogP) is 6.53. The molecule has 0 saturated carbocycles. The second-order valence-corrected chi connectivity index (χ2v) is 13.2. The van der Waals surface area contributed by atoms with Crippen molar-refractivity contribution in [1.82, 2.24) is 29.5 Å². The van der Waals surface area contributed by atoms with Crippen LogP contribution in [0.5, 0.6) is 0 Å². The molecule has 0 radical (unpaired) electrons. The number of unbranched alkanes of at least 4 members (excludes halogenated alkanes) is 1. The molecule has 242 valence electrons. The number of hydrogen-bond donors (Lipinski definition) is 0. The Morgan fingerprint density at radius 2 is 1.87 bits per heavy atom. The Bertz CT molecular complexity index is 1980. The van der Waals surface area contributed by atoms with Gasteiger partial charge in [0.05, 0.1) is 10.4 Å². The number of aryl methyl sites for hydroxylation is 1. The van der Waals surface area contributed by atoms with Crippen LogP contribution in [0.2, 0.25) is 5.02 Å². The largest absolute Gasteiger partial charge is 0.339 e. The lowest BCUT2D eigenvalue weighted by Crippen LogP contribution is -2.55. The summed E-state index contributed by atoms with van der Waals surface area (Å²) in [6, 6.07) is 20.5. The highest BCUT2D eigenvalue weighted by molar-refractivity contribution is 7.99. The fraction of sp³-hybridized carbons (Fsp3) is 0.324. The molecule has 2 aromatic heterocycles. The van der Waals surface area contributed by atoms with Gasteiger partial charge in [-0.05, 0) is 50.5 Å². The first kappa shape index (κ1) is 32.4. The Morgan fingerprint density at radius 1 is 1.04 bits per heavy atom. The third-order valence-corrected chi connectivity index (χ3v) is 9.67. The van der Waals surface area contributed by atoms with Gasteiger partial charge in [-0.25, -0.2) is 4.98 Å². The van der Waals surface area contributed by atoms with Crippen molar-refractivity contribution in [2.75, 3.05) is 25.4 Å². The molecule has 11 nitrogen and oxygen atoms in total. The number of fused-ring (bicyclic) bond motifs is 3. The van der Waals surface area contributed by atoms with Crippen LogP contribution in [0.25, 0.3) is 22.1 Å². The van der Waals surface area contributed by atoms with Crippen LogP contribution in [-0.2, 0) is 11.3 Å². The molecule has 0 bridgehead atoms. The number of halogens is 1. The lowest BCUT2D eigenvalue weighted by Gasteiger charge is -2.40. The second kappa shape index (κ2) is 14.1. The maximum Gasteiger partial charge on any atom is 0.288 e. The third kappa shape index (κ3) is 7.08. The number of carbonyl (C=O) groups excluding carboxylic acids is 2. The van der Waals surface area contributed by atoms with E-state index in [2.05, 4.69) is 58.1 Å². The average Bonchev–Trinajstić information content (AvgIpc) is 3.36. The fourth-order valence-corrected chi connectivity index (χ4v) is 7.01. The van der Waals surface area contributed by atoms with Crippen molar-refractivity contribution in [3.05, 3.63) is 98.6 Å². The third-order valence-electron chi connectivity index (χ3n) is 8.42. The van der Waals surface area contributed by atoms with Crippen molar-refractivity contribution in [3.8, 4) is 0 Å². The van der Waals surface area contributed by atoms with Crippen LogP contribution in [-0.4, -0.2) is 77.7 Å². The van der Waals surface area contributed by atoms with E-state index in [4.69, 9.17) is 16.6 Å². The summed E-state index contributed by atoms with van der Waals surface area (Å²) in [5.41, 5.74) is 4.97. The van der Waals surface area contributed by atoms with Gasteiger partial charge in [-0.3, -0.25) is 19.7 Å². The maximum atomic E-state index is 13.1. The number of hydrogen-bond acceptors (Lipinski definition) is 8. The van der Waals surface area contributed by atoms with Crippen molar-refractivity contribution >= 4 is 62.9 Å². The summed E-state index contributed by atoms with van der Waals surface area (Å²) in [6.07, 6.45) is 1.94. The summed E-state index contributed by atoms with van der Waals surface area (Å²) in [4.78, 5) is 45.1. The normalized spacial score (nSPS) is 15.0. The van der Waals surface area contributed by atoms with E-state index in [1.807, 2.05) is 19.1 Å². The maximum absolute atomic E-state index is 13.1. The quantitative estimate of drug-likeness (QED) is 0.0709. The highest BCUT2D eigenvalue weighted by atomic mass is 35.5. The van der Waals surface area contributed by atoms with Crippen LogP contribution in [0.15, 0.2) is 71.9 Å². The molecule has 5 aromatic rings. The van der Waals surface area contributed by atoms with Gasteiger partial charge in [-0.15, -0.1) is 10.2 Å². The molecule has 1 aliphatic heterocycles. The number of nitro groups is 1. The van der Waals surface area contributed by atoms with Crippen LogP contribution in [0.4, 0.5) is 5.69 Å². The van der Waals surface area contributed by atoms with E-state index < -0.39 is 4.92 Å². The summed E-state index contributed by atoms with van der Waals surface area (Å²) in [7, 11) is 0. The number of carbonyl (C=O) groups is 2. The lowest BCUT2D eigenvalue weighted by molar-refractivity contribution is -0.384. The van der Waals surface area contributed by atoms with Gasteiger partial charge >= 0.3 is 0 Å². The number of nitro benzene ring substituents is 1. The highest BCUT2D eigenvalue weighted by Crippen LogP contribution is 2.29. The Kier molecular flexibility index (Phi) is 9.69. The molecule has 1 saturated heterocycles. The van der Waals surface area contributed by atoms with E-state index in [0.717, 1.165) is 40.7 Å². The molecular weight excluding hydrogens is 638 g/mol. The lowest BCUT2D eigenvalue weighted by atomic mass is 10.1. The van der Waals surface area contributed by atoms with Crippen molar-refractivity contribution < 1.29 is 14.5 Å². The van der Waals surface area contributed by atoms with Crippen LogP contribution in [0.1, 0.15) is 47.7 Å². The van der Waals surface area contributed by atoms with E-state index in [1.54, 1.807) is 9.80 Å². The van der Waals surface area contributed by atoms with E-state index in [1.165, 1.54) is 41.1 Å². The molecule has 0 spiro atoms. The minimum absolute atomic E-state index is 0.0172. The first-order valence-electron chi connectivity index (χ1n) is 15.5. The topological polar surface area (TPSA) is 127 Å². The van der Waals surface area contributed by atoms with Crippen molar-refractivity contribution in [2.24, 2.45) is 0 Å². The van der Waals surface area contributed by atoms with Gasteiger partial charge in [0.15, 0.2) is 5.65 Å². The first-order valence-corrected chi connectivity index (χ1v) is 16.9. The number of nitrogens with zero attached hydrogens (tertiary/aromatic N) is 7. The van der Waals surface area contributed by atoms with Crippen LogP contribution >= 0.6 is 23.4 Å². The zero-order chi connectivity index (χ0) is 33.1. The van der Waals surface area contributed by atoms with Crippen molar-refractivity contribution in [1.29, 1.82) is 0 Å². The summed E-state index contributed by atoms with van der Waals surface area (Å²) in [6.45, 7) is 5.82. The zero-order valence-electron chi connectivity index (χ0n) is 26.1. The number of para-hydroxylation sites is 1. The standard InChI is InChI=1S/C34H34ClN7O4S/c1-22-8-7-9-24(18-22)21-41-28-11-4-3-10-26(28)31-32(41)36-34(38-37-31)47-17-6-5-12-30(43)39-15-16-40(23(2)20-39)33(44)25-13-14-27(35)29(19-25)42(45)46/h3-4,7-11,13-14,18-19,23H,5-6,12,15-17,20-21H2,1-2H3. The number of rotatable bonds is 10. The van der Waals surface area contributed by atoms with Crippen LogP contribution in [0.3, 0.4) is 0 Å². The molecule has 1 aliphatic rings. The number of thioether (sulfide) groups is 1. The number of piperazine rings is 1. The first-order chi connectivity index (χ1) is 22.7. The number of amides is 2. The molecule has 13 heteroatoms. The second-order valence-electron chi connectivity index (χ2n) is 11.8. The zero-order valence-corrected chi connectivity index (χ0v) is 27.7. The SMILES string of the molecule is Cc1cccc(Cn2c3ccccc3c3nnc(SCCCCC(=O)N4CCN(C(=O)c5ccc(Cl)c([N+](=O)[O-])c5)C(C)C4)nc32)c1. The molecule has 1 unspecified atom stereocenters. The Labute approximate surface area is 281 Å². The molecule has 6 rings (SSSR count). The van der Waals surface area contributed by atoms with Crippen molar-refractivity contribution in [2.45, 2.75) is 50.9 Å². The van der Waals surface area contributed by atoms with Gasteiger partial charge in [-0.2, -0.15) is 0 Å². The minimum Gasteiger partial charge on any atom is -0.339 e. The Morgan fingerprint density at radius 3 is 2.66 bits per heavy atom. The van der Waals surface area contributed by atoms with Crippen molar-refractivity contribution in [3.63, 3.8) is 0 Å². The Hall–Kier alpha value is -4.55. The van der Waals surface area contributed by atoms with Gasteiger partial charge in [0, 0.05) is 61.4 Å². The van der Waals surface area contributed by atoms with E-state index in [-0.39, 0.29) is 34.1 Å². The molecule has 3 heterocycles. The minimum atomic E-state index is -0.603. The van der Waals surface area contributed by atoms with Gasteiger partial charge < -0.3 is 14.4 Å². The monoisotopic (exact) mass is 671 g/mol. The predicted molar refractivity (Wildman–Crippen MR) is 183 cm³/mol. The summed E-state index contributed by atoms with van der Waals surface area (Å²) in [5, 5.41) is 21.8. The Balaban J connectivity index is 1.01. The molecule has 3 aromatic carbocycles. The van der Waals surface area contributed by atoms with E-state index >= 15 is 0 Å². The van der Waals surface area contributed by atoms with Gasteiger partial charge in [0.25, 0.3) is 11.6 Å². The van der Waals surface area contributed by atoms with E-state index in [0.29, 0.717) is 37.8 Å². The molecular formula is C34H34ClN7O4S. The van der Waals surface area contributed by atoms with Crippen LogP contribution in [0, 0.1) is 17.0 Å². The van der Waals surface area contributed by atoms with Gasteiger partial charge in [0.2, 0.25) is 11.1 Å². The molecule has 1 atom stereocenters. The molecule has 47 heavy (non-hydrogen) atoms. The molecule has 0 N–H and O–H groups in total. The highest BCUT2D eigenvalue weighted by Gasteiger charge is 2.31. The molecule has 0 aliphatic carbocycles. The van der Waals surface area contributed by atoms with Gasteiger partial charge in [0.1, 0.15) is 10.5 Å². The summed E-state index contributed by atoms with van der Waals surface area (Å²) >= 11 is 7.44. The summed E-state index contributed by atoms with van der Waals surface area (Å²) in [5.74, 6) is 0.493. The molecule has 2 amide bonds. The summed E-state index contributed by atoms with van der Waals surface area (Å²) < 4.78 is 2.20. The molecule has 1 fully saturated rings. The fourth-order valence-electron chi connectivity index (χ4n) is 6.04. The van der Waals surface area contributed by atoms with Gasteiger partial charge in [-0.1, -0.05) is 71.4 Å². The number of benzene rings is 3. The average molecular weight is 672 g/mol.